The number of nitrogens with one attached hydrogen (secondary N) is 2. The van der Waals surface area contributed by atoms with Crippen LogP contribution in [-0.2, 0) is 6.54 Å². The maximum absolute atomic E-state index is 12.9. The van der Waals surface area contributed by atoms with Gasteiger partial charge in [0.2, 0.25) is 0 Å². The average Bonchev–Trinajstić information content (AvgIpc) is 3.17. The van der Waals surface area contributed by atoms with Crippen LogP contribution >= 0.6 is 11.3 Å². The Hall–Kier alpha value is -2.22. The highest BCUT2D eigenvalue weighted by molar-refractivity contribution is 7.11. The van der Waals surface area contributed by atoms with Gasteiger partial charge >= 0.3 is 0 Å². The molecule has 0 aromatic carbocycles. The fourth-order valence-electron chi connectivity index (χ4n) is 4.86. The van der Waals surface area contributed by atoms with Crippen LogP contribution in [0.5, 0.6) is 0 Å². The summed E-state index contributed by atoms with van der Waals surface area (Å²) < 4.78 is 0. The number of amides is 1. The van der Waals surface area contributed by atoms with Crippen LogP contribution in [0.15, 0.2) is 22.3 Å². The summed E-state index contributed by atoms with van der Waals surface area (Å²) in [5, 5.41) is 4.89. The van der Waals surface area contributed by atoms with Gasteiger partial charge in [-0.2, -0.15) is 0 Å². The van der Waals surface area contributed by atoms with Gasteiger partial charge in [-0.25, -0.2) is 0 Å². The Morgan fingerprint density at radius 2 is 1.97 bits per heavy atom. The predicted molar refractivity (Wildman–Crippen MR) is 143 cm³/mol. The minimum absolute atomic E-state index is 0.126. The number of aryl methyl sites for hydroxylation is 2. The molecule has 0 unspecified atom stereocenters. The molecule has 0 radical (unpaired) electrons. The van der Waals surface area contributed by atoms with Crippen molar-refractivity contribution in [2.75, 3.05) is 33.7 Å². The maximum Gasteiger partial charge on any atom is 0.253 e. The number of nitrogens with zero attached hydrogens (tertiary/aromatic N) is 2. The van der Waals surface area contributed by atoms with Crippen molar-refractivity contribution >= 4 is 22.8 Å². The number of carbonyl (C=O) groups is 1. The van der Waals surface area contributed by atoms with Crippen molar-refractivity contribution < 1.29 is 4.79 Å². The lowest BCUT2D eigenvalue weighted by molar-refractivity contribution is 0.0950. The number of aromatic amines is 1. The van der Waals surface area contributed by atoms with Crippen molar-refractivity contribution in [2.24, 2.45) is 0 Å². The second-order valence-corrected chi connectivity index (χ2v) is 10.6. The number of rotatable bonds is 9. The van der Waals surface area contributed by atoms with Gasteiger partial charge < -0.3 is 20.1 Å². The largest absolute Gasteiger partial charge is 0.348 e. The lowest BCUT2D eigenvalue weighted by Crippen LogP contribution is -2.42. The van der Waals surface area contributed by atoms with Crippen molar-refractivity contribution in [2.45, 2.75) is 66.0 Å². The molecule has 0 saturated carbocycles. The third-order valence-electron chi connectivity index (χ3n) is 7.05. The highest BCUT2D eigenvalue weighted by Gasteiger charge is 2.21. The van der Waals surface area contributed by atoms with Gasteiger partial charge in [-0.3, -0.25) is 9.59 Å². The molecule has 6 nitrogen and oxygen atoms in total. The zero-order valence-corrected chi connectivity index (χ0v) is 22.4. The maximum atomic E-state index is 12.9. The first-order valence-electron chi connectivity index (χ1n) is 12.3. The van der Waals surface area contributed by atoms with E-state index in [9.17, 15) is 9.59 Å². The van der Waals surface area contributed by atoms with E-state index in [1.807, 2.05) is 32.2 Å². The van der Waals surface area contributed by atoms with Crippen LogP contribution < -0.4 is 10.9 Å². The molecule has 34 heavy (non-hydrogen) atoms. The van der Waals surface area contributed by atoms with E-state index in [1.165, 1.54) is 36.4 Å². The zero-order valence-electron chi connectivity index (χ0n) is 21.6. The topological polar surface area (TPSA) is 68.4 Å². The Kier molecular flexibility index (Phi) is 9.28. The Morgan fingerprint density at radius 3 is 2.59 bits per heavy atom. The van der Waals surface area contributed by atoms with E-state index in [2.05, 4.69) is 47.2 Å². The lowest BCUT2D eigenvalue weighted by atomic mass is 10.0. The number of carbonyl (C=O) groups excluding carboxylic acids is 1. The van der Waals surface area contributed by atoms with Crippen LogP contribution in [0.1, 0.15) is 70.2 Å². The molecule has 1 amide bonds. The van der Waals surface area contributed by atoms with E-state index in [4.69, 9.17) is 0 Å². The monoisotopic (exact) mass is 484 g/mol. The molecule has 0 spiro atoms. The molecular formula is C27H40N4O2S. The van der Waals surface area contributed by atoms with Crippen LogP contribution in [0, 0.1) is 20.8 Å². The van der Waals surface area contributed by atoms with E-state index in [0.29, 0.717) is 17.2 Å². The van der Waals surface area contributed by atoms with Crippen LogP contribution in [0.25, 0.3) is 5.57 Å². The molecule has 1 aliphatic rings. The number of allylic oxidation sites excluding steroid dienone is 2. The third kappa shape index (κ3) is 6.46. The Balaban J connectivity index is 1.56. The fourth-order valence-corrected chi connectivity index (χ4v) is 6.04. The number of aromatic nitrogens is 1. The molecule has 0 bridgehead atoms. The first-order valence-corrected chi connectivity index (χ1v) is 13.2. The molecule has 0 atom stereocenters. The Bertz CT molecular complexity index is 1070. The van der Waals surface area contributed by atoms with Crippen molar-refractivity contribution in [3.8, 4) is 0 Å². The van der Waals surface area contributed by atoms with Crippen molar-refractivity contribution in [3.05, 3.63) is 60.7 Å². The molecule has 1 aliphatic heterocycles. The Morgan fingerprint density at radius 1 is 1.26 bits per heavy atom. The van der Waals surface area contributed by atoms with Gasteiger partial charge in [0.15, 0.2) is 0 Å². The normalized spacial score (nSPS) is 15.8. The summed E-state index contributed by atoms with van der Waals surface area (Å²) in [5.41, 5.74) is 5.23. The Labute approximate surface area is 208 Å². The third-order valence-corrected chi connectivity index (χ3v) is 8.21. The number of thiophene rings is 1. The molecule has 2 aromatic heterocycles. The first-order chi connectivity index (χ1) is 16.2. The van der Waals surface area contributed by atoms with E-state index in [1.54, 1.807) is 11.3 Å². The highest BCUT2D eigenvalue weighted by atomic mass is 32.1. The smallest absolute Gasteiger partial charge is 0.253 e. The molecule has 1 fully saturated rings. The SMILES string of the molecule is CC=C(CCCN1CCC(N(C)C)CC1)c1scc(C(=O)NCc2c(C)cc(C)[nH]c2=O)c1C. The summed E-state index contributed by atoms with van der Waals surface area (Å²) in [5.74, 6) is -0.126. The van der Waals surface area contributed by atoms with Crippen LogP contribution in [0.4, 0.5) is 0 Å². The molecule has 186 valence electrons. The summed E-state index contributed by atoms with van der Waals surface area (Å²) in [6.45, 7) is 11.6. The van der Waals surface area contributed by atoms with Crippen LogP contribution in [0.2, 0.25) is 0 Å². The second kappa shape index (κ2) is 12.0. The highest BCUT2D eigenvalue weighted by Crippen LogP contribution is 2.31. The molecule has 0 aliphatic carbocycles. The van der Waals surface area contributed by atoms with Gasteiger partial charge in [0.05, 0.1) is 5.56 Å². The number of H-pyrrole nitrogens is 1. The fraction of sp³-hybridized carbons (Fsp3) is 0.556. The number of hydrogen-bond donors (Lipinski definition) is 2. The number of likely N-dealkylation sites (tertiary alicyclic amines) is 1. The zero-order chi connectivity index (χ0) is 24.8. The van der Waals surface area contributed by atoms with E-state index < -0.39 is 0 Å². The molecule has 3 rings (SSSR count). The standard InChI is InChI=1S/C27H40N4O2S/c1-7-21(9-8-12-31-13-10-22(11-14-31)30(5)6)25-20(4)24(17-34-25)26(32)28-16-23-18(2)15-19(3)29-27(23)33/h7,15,17,22H,8-14,16H2,1-6H3,(H,28,32)(H,29,33). The molecule has 7 heteroatoms. The van der Waals surface area contributed by atoms with Gasteiger partial charge in [-0.05, 0) is 110 Å². The van der Waals surface area contributed by atoms with Gasteiger partial charge in [0.25, 0.3) is 11.5 Å². The summed E-state index contributed by atoms with van der Waals surface area (Å²) >= 11 is 1.64. The first kappa shape index (κ1) is 26.4. The van der Waals surface area contributed by atoms with Gasteiger partial charge in [-0.15, -0.1) is 11.3 Å². The summed E-state index contributed by atoms with van der Waals surface area (Å²) in [6, 6.07) is 2.65. The average molecular weight is 485 g/mol. The summed E-state index contributed by atoms with van der Waals surface area (Å²) in [4.78, 5) is 34.1. The second-order valence-electron chi connectivity index (χ2n) is 9.68. The molecular weight excluding hydrogens is 444 g/mol. The molecule has 1 saturated heterocycles. The summed E-state index contributed by atoms with van der Waals surface area (Å²) in [7, 11) is 4.36. The van der Waals surface area contributed by atoms with Crippen molar-refractivity contribution in [3.63, 3.8) is 0 Å². The number of piperidine rings is 1. The van der Waals surface area contributed by atoms with Crippen LogP contribution in [-0.4, -0.2) is 60.5 Å². The minimum atomic E-state index is -0.136. The molecule has 2 N–H and O–H groups in total. The predicted octanol–water partition coefficient (Wildman–Crippen LogP) is 4.50. The lowest BCUT2D eigenvalue weighted by Gasteiger charge is -2.35. The van der Waals surface area contributed by atoms with Crippen molar-refractivity contribution in [1.82, 2.24) is 20.1 Å². The van der Waals surface area contributed by atoms with E-state index in [-0.39, 0.29) is 18.0 Å². The van der Waals surface area contributed by atoms with Gasteiger partial charge in [0, 0.05) is 34.1 Å². The molecule has 3 heterocycles. The van der Waals surface area contributed by atoms with Gasteiger partial charge in [0.1, 0.15) is 0 Å². The minimum Gasteiger partial charge on any atom is -0.348 e. The number of hydrogen-bond acceptors (Lipinski definition) is 5. The summed E-state index contributed by atoms with van der Waals surface area (Å²) in [6.07, 6.45) is 6.83. The van der Waals surface area contributed by atoms with E-state index >= 15 is 0 Å². The number of pyridine rings is 1. The van der Waals surface area contributed by atoms with E-state index in [0.717, 1.165) is 36.2 Å². The van der Waals surface area contributed by atoms with Crippen LogP contribution in [0.3, 0.4) is 0 Å². The quantitative estimate of drug-likeness (QED) is 0.550. The van der Waals surface area contributed by atoms with Crippen molar-refractivity contribution in [1.29, 1.82) is 0 Å². The molecule has 2 aromatic rings. The van der Waals surface area contributed by atoms with Gasteiger partial charge in [-0.1, -0.05) is 6.08 Å².